The summed E-state index contributed by atoms with van der Waals surface area (Å²) < 4.78 is 21.8. The molecule has 0 saturated carbocycles. The molecular formula is C25H23NO6. The van der Waals surface area contributed by atoms with Gasteiger partial charge in [0.15, 0.2) is 0 Å². The van der Waals surface area contributed by atoms with Gasteiger partial charge in [-0.25, -0.2) is 9.59 Å². The van der Waals surface area contributed by atoms with Gasteiger partial charge in [0.1, 0.15) is 30.3 Å². The molecule has 0 radical (unpaired) electrons. The lowest BCUT2D eigenvalue weighted by Crippen LogP contribution is -2.08. The minimum atomic E-state index is -0.516. The lowest BCUT2D eigenvalue weighted by molar-refractivity contribution is 0.0473. The van der Waals surface area contributed by atoms with Gasteiger partial charge in [-0.2, -0.15) is 0 Å². The fraction of sp³-hybridized carbons (Fsp3) is 0.240. The van der Waals surface area contributed by atoms with Crippen LogP contribution >= 0.6 is 0 Å². The highest BCUT2D eigenvalue weighted by Crippen LogP contribution is 2.24. The first-order chi connectivity index (χ1) is 15.3. The number of aromatic nitrogens is 1. The molecule has 0 fully saturated rings. The van der Waals surface area contributed by atoms with Crippen LogP contribution in [0.1, 0.15) is 44.1 Å². The first-order valence-corrected chi connectivity index (χ1v) is 10.2. The van der Waals surface area contributed by atoms with Crippen LogP contribution in [0.3, 0.4) is 0 Å². The number of nitrogens with zero attached hydrogens (tertiary/aromatic N) is 1. The zero-order valence-electron chi connectivity index (χ0n) is 18.4. The average Bonchev–Trinajstić information content (AvgIpc) is 3.10. The van der Waals surface area contributed by atoms with Crippen LogP contribution in [0.25, 0.3) is 11.0 Å². The second-order valence-electron chi connectivity index (χ2n) is 7.67. The Morgan fingerprint density at radius 3 is 2.59 bits per heavy atom. The predicted molar refractivity (Wildman–Crippen MR) is 118 cm³/mol. The Hall–Kier alpha value is -3.87. The van der Waals surface area contributed by atoms with Crippen LogP contribution in [0.15, 0.2) is 56.2 Å². The summed E-state index contributed by atoms with van der Waals surface area (Å²) in [6, 6.07) is 11.9. The quantitative estimate of drug-likeness (QED) is 0.314. The van der Waals surface area contributed by atoms with E-state index in [2.05, 4.69) is 5.16 Å². The summed E-state index contributed by atoms with van der Waals surface area (Å²) >= 11 is 0. The van der Waals surface area contributed by atoms with Crippen LogP contribution in [0.5, 0.6) is 5.75 Å². The zero-order chi connectivity index (χ0) is 22.8. The third-order valence-electron chi connectivity index (χ3n) is 5.51. The fourth-order valence-electron chi connectivity index (χ4n) is 3.45. The maximum absolute atomic E-state index is 12.6. The molecule has 32 heavy (non-hydrogen) atoms. The lowest BCUT2D eigenvalue weighted by atomic mass is 10.0. The van der Waals surface area contributed by atoms with Gasteiger partial charge in [0, 0.05) is 17.0 Å². The van der Waals surface area contributed by atoms with Crippen molar-refractivity contribution in [3.8, 4) is 5.75 Å². The molecule has 164 valence electrons. The number of carbonyl (C=O) groups is 1. The third kappa shape index (κ3) is 4.27. The van der Waals surface area contributed by atoms with Crippen molar-refractivity contribution in [3.63, 3.8) is 0 Å². The molecule has 2 aromatic carbocycles. The molecule has 0 bridgehead atoms. The van der Waals surface area contributed by atoms with Crippen LogP contribution < -0.4 is 10.4 Å². The van der Waals surface area contributed by atoms with E-state index in [1.54, 1.807) is 24.3 Å². The van der Waals surface area contributed by atoms with Crippen LogP contribution in [0, 0.1) is 27.7 Å². The summed E-state index contributed by atoms with van der Waals surface area (Å²) in [7, 11) is 0. The van der Waals surface area contributed by atoms with Gasteiger partial charge >= 0.3 is 11.6 Å². The number of hydrogen-bond donors (Lipinski definition) is 0. The summed E-state index contributed by atoms with van der Waals surface area (Å²) in [6.07, 6.45) is 0. The van der Waals surface area contributed by atoms with E-state index in [9.17, 15) is 9.59 Å². The van der Waals surface area contributed by atoms with Crippen molar-refractivity contribution < 1.29 is 23.2 Å². The maximum Gasteiger partial charge on any atom is 0.338 e. The van der Waals surface area contributed by atoms with Gasteiger partial charge in [0.25, 0.3) is 0 Å². The van der Waals surface area contributed by atoms with Gasteiger partial charge in [-0.15, -0.1) is 0 Å². The molecule has 0 saturated heterocycles. The summed E-state index contributed by atoms with van der Waals surface area (Å²) in [5, 5.41) is 4.65. The van der Waals surface area contributed by atoms with Gasteiger partial charge in [-0.3, -0.25) is 0 Å². The number of benzene rings is 2. The molecule has 0 aliphatic carbocycles. The molecule has 0 aliphatic rings. The van der Waals surface area contributed by atoms with Gasteiger partial charge in [-0.05, 0) is 57.0 Å². The highest BCUT2D eigenvalue weighted by molar-refractivity contribution is 5.90. The Morgan fingerprint density at radius 1 is 1.03 bits per heavy atom. The second-order valence-corrected chi connectivity index (χ2v) is 7.67. The van der Waals surface area contributed by atoms with Crippen molar-refractivity contribution in [2.24, 2.45) is 0 Å². The highest BCUT2D eigenvalue weighted by atomic mass is 16.5. The maximum atomic E-state index is 12.6. The summed E-state index contributed by atoms with van der Waals surface area (Å²) in [5.41, 5.74) is 4.52. The molecule has 2 aromatic heterocycles. The molecule has 0 aliphatic heterocycles. The Balaban J connectivity index is 1.49. The van der Waals surface area contributed by atoms with Crippen molar-refractivity contribution >= 4 is 16.9 Å². The van der Waals surface area contributed by atoms with Crippen molar-refractivity contribution in [3.05, 3.63) is 92.2 Å². The lowest BCUT2D eigenvalue weighted by Gasteiger charge is -2.11. The molecule has 0 N–H and O–H groups in total. The largest absolute Gasteiger partial charge is 0.489 e. The Bertz CT molecular complexity index is 1350. The van der Waals surface area contributed by atoms with E-state index < -0.39 is 11.6 Å². The smallest absolute Gasteiger partial charge is 0.338 e. The third-order valence-corrected chi connectivity index (χ3v) is 5.51. The number of ether oxygens (including phenoxy) is 2. The van der Waals surface area contributed by atoms with Crippen LogP contribution in [-0.2, 0) is 18.0 Å². The van der Waals surface area contributed by atoms with Crippen LogP contribution in [0.2, 0.25) is 0 Å². The predicted octanol–water partition coefficient (Wildman–Crippen LogP) is 4.95. The number of carbonyl (C=O) groups excluding carboxylic acids is 1. The molecule has 4 aromatic rings. The number of fused-ring (bicyclic) bond motifs is 1. The van der Waals surface area contributed by atoms with Crippen molar-refractivity contribution in [1.29, 1.82) is 0 Å². The molecule has 0 amide bonds. The molecule has 7 heteroatoms. The van der Waals surface area contributed by atoms with Gasteiger partial charge in [-0.1, -0.05) is 23.4 Å². The summed E-state index contributed by atoms with van der Waals surface area (Å²) in [6.45, 7) is 7.74. The number of rotatable bonds is 6. The Kier molecular flexibility index (Phi) is 5.81. The SMILES string of the molecule is Cc1ccc2c(COC(=O)c3cccc(OCc4c(C)noc4C)c3)cc(=O)oc2c1C. The van der Waals surface area contributed by atoms with Crippen molar-refractivity contribution in [2.75, 3.05) is 0 Å². The monoisotopic (exact) mass is 433 g/mol. The highest BCUT2D eigenvalue weighted by Gasteiger charge is 2.14. The van der Waals surface area contributed by atoms with E-state index in [4.69, 9.17) is 18.4 Å². The van der Waals surface area contributed by atoms with E-state index in [0.29, 0.717) is 28.2 Å². The van der Waals surface area contributed by atoms with E-state index in [1.807, 2.05) is 39.8 Å². The van der Waals surface area contributed by atoms with Crippen molar-refractivity contribution in [1.82, 2.24) is 5.16 Å². The topological polar surface area (TPSA) is 91.8 Å². The molecule has 7 nitrogen and oxygen atoms in total. The number of hydrogen-bond acceptors (Lipinski definition) is 7. The summed E-state index contributed by atoms with van der Waals surface area (Å²) in [4.78, 5) is 24.7. The number of esters is 1. The molecule has 4 rings (SSSR count). The molecule has 0 spiro atoms. The minimum Gasteiger partial charge on any atom is -0.489 e. The van der Waals surface area contributed by atoms with E-state index in [-0.39, 0.29) is 13.2 Å². The molecular weight excluding hydrogens is 410 g/mol. The first kappa shape index (κ1) is 21.4. The Morgan fingerprint density at radius 2 is 1.84 bits per heavy atom. The van der Waals surface area contributed by atoms with E-state index >= 15 is 0 Å². The zero-order valence-corrected chi connectivity index (χ0v) is 18.4. The fourth-order valence-corrected chi connectivity index (χ4v) is 3.45. The number of aryl methyl sites for hydroxylation is 4. The molecule has 2 heterocycles. The van der Waals surface area contributed by atoms with Crippen LogP contribution in [-0.4, -0.2) is 11.1 Å². The molecule has 0 atom stereocenters. The van der Waals surface area contributed by atoms with Gasteiger partial charge in [0.2, 0.25) is 0 Å². The second kappa shape index (κ2) is 8.70. The minimum absolute atomic E-state index is 0.0480. The van der Waals surface area contributed by atoms with Crippen LogP contribution in [0.4, 0.5) is 0 Å². The van der Waals surface area contributed by atoms with Gasteiger partial charge in [0.05, 0.1) is 16.8 Å². The van der Waals surface area contributed by atoms with E-state index in [1.165, 1.54) is 6.07 Å². The normalized spacial score (nSPS) is 11.0. The standard InChI is InChI=1S/C25H23NO6/c1-14-8-9-21-19(11-23(27)31-24(21)15(14)2)12-30-25(28)18-6-5-7-20(10-18)29-13-22-16(3)26-32-17(22)4/h5-11H,12-13H2,1-4H3. The van der Waals surface area contributed by atoms with E-state index in [0.717, 1.165) is 27.8 Å². The first-order valence-electron chi connectivity index (χ1n) is 10.2. The summed E-state index contributed by atoms with van der Waals surface area (Å²) in [5.74, 6) is 0.706. The average molecular weight is 433 g/mol. The van der Waals surface area contributed by atoms with Crippen molar-refractivity contribution in [2.45, 2.75) is 40.9 Å². The van der Waals surface area contributed by atoms with Gasteiger partial charge < -0.3 is 18.4 Å². The Labute approximate surface area is 184 Å². The molecule has 0 unspecified atom stereocenters.